The maximum Gasteiger partial charge on any atom is 0.254 e. The Morgan fingerprint density at radius 2 is 2.23 bits per heavy atom. The first kappa shape index (κ1) is 16.7. The Morgan fingerprint density at radius 3 is 2.86 bits per heavy atom. The molecule has 5 nitrogen and oxygen atoms in total. The fourth-order valence-corrected chi connectivity index (χ4v) is 2.56. The van der Waals surface area contributed by atoms with Gasteiger partial charge in [-0.2, -0.15) is 0 Å². The number of halogens is 2. The number of carbonyl (C=O) groups excluding carboxylic acids is 2. The van der Waals surface area contributed by atoms with Crippen LogP contribution in [-0.4, -0.2) is 42.0 Å². The Hall–Kier alpha value is -1.66. The van der Waals surface area contributed by atoms with Crippen LogP contribution >= 0.6 is 11.6 Å². The summed E-state index contributed by atoms with van der Waals surface area (Å²) < 4.78 is 19.2. The molecule has 1 atom stereocenters. The van der Waals surface area contributed by atoms with Crippen molar-refractivity contribution in [2.24, 2.45) is 0 Å². The van der Waals surface area contributed by atoms with Gasteiger partial charge in [0.15, 0.2) is 5.60 Å². The minimum atomic E-state index is -1.15. The van der Waals surface area contributed by atoms with Crippen molar-refractivity contribution in [3.05, 3.63) is 34.6 Å². The minimum Gasteiger partial charge on any atom is -0.362 e. The van der Waals surface area contributed by atoms with Crippen molar-refractivity contribution in [2.45, 2.75) is 26.0 Å². The van der Waals surface area contributed by atoms with Crippen molar-refractivity contribution in [1.29, 1.82) is 0 Å². The van der Waals surface area contributed by atoms with E-state index in [4.69, 9.17) is 16.3 Å². The summed E-state index contributed by atoms with van der Waals surface area (Å²) in [5, 5.41) is 2.87. The highest BCUT2D eigenvalue weighted by Crippen LogP contribution is 2.21. The van der Waals surface area contributed by atoms with E-state index in [1.807, 2.05) is 0 Å². The van der Waals surface area contributed by atoms with Crippen LogP contribution in [0, 0.1) is 5.82 Å². The van der Waals surface area contributed by atoms with E-state index >= 15 is 0 Å². The SMILES string of the molecule is CC(=O)N1CCO[C@](C)(C(=O)NCc2c(F)cccc2Cl)C1. The van der Waals surface area contributed by atoms with Gasteiger partial charge < -0.3 is 15.0 Å². The molecule has 1 aromatic rings. The Morgan fingerprint density at radius 1 is 1.50 bits per heavy atom. The van der Waals surface area contributed by atoms with E-state index in [1.165, 1.54) is 19.1 Å². The zero-order valence-corrected chi connectivity index (χ0v) is 13.2. The quantitative estimate of drug-likeness (QED) is 0.919. The zero-order chi connectivity index (χ0) is 16.3. The number of nitrogens with zero attached hydrogens (tertiary/aromatic N) is 1. The maximum absolute atomic E-state index is 13.7. The van der Waals surface area contributed by atoms with Crippen molar-refractivity contribution < 1.29 is 18.7 Å². The van der Waals surface area contributed by atoms with E-state index < -0.39 is 17.3 Å². The summed E-state index contributed by atoms with van der Waals surface area (Å²) in [4.78, 5) is 25.3. The number of hydrogen-bond donors (Lipinski definition) is 1. The number of nitrogens with one attached hydrogen (secondary N) is 1. The Labute approximate surface area is 133 Å². The van der Waals surface area contributed by atoms with E-state index in [0.29, 0.717) is 6.54 Å². The molecule has 120 valence electrons. The molecule has 1 heterocycles. The molecule has 0 spiro atoms. The molecule has 0 saturated carbocycles. The van der Waals surface area contributed by atoms with Crippen LogP contribution in [0.1, 0.15) is 19.4 Å². The third-order valence-corrected chi connectivity index (χ3v) is 4.04. The molecule has 1 aliphatic rings. The molecular formula is C15H18ClFN2O3. The van der Waals surface area contributed by atoms with Gasteiger partial charge in [-0.15, -0.1) is 0 Å². The van der Waals surface area contributed by atoms with Gasteiger partial charge in [0, 0.05) is 30.6 Å². The monoisotopic (exact) mass is 328 g/mol. The average molecular weight is 329 g/mol. The van der Waals surface area contributed by atoms with Gasteiger partial charge in [-0.05, 0) is 19.1 Å². The van der Waals surface area contributed by atoms with Crippen LogP contribution in [0.2, 0.25) is 5.02 Å². The molecular weight excluding hydrogens is 311 g/mol. The fraction of sp³-hybridized carbons (Fsp3) is 0.467. The van der Waals surface area contributed by atoms with Crippen molar-refractivity contribution >= 4 is 23.4 Å². The molecule has 0 radical (unpaired) electrons. The number of rotatable bonds is 3. The standard InChI is InChI=1S/C15H18ClFN2O3/c1-10(20)19-6-7-22-15(2,9-19)14(21)18-8-11-12(16)4-3-5-13(11)17/h3-5H,6-9H2,1-2H3,(H,18,21)/t15-/m0/s1. The van der Waals surface area contributed by atoms with Gasteiger partial charge >= 0.3 is 0 Å². The van der Waals surface area contributed by atoms with Crippen LogP contribution in [0.5, 0.6) is 0 Å². The van der Waals surface area contributed by atoms with Gasteiger partial charge in [-0.25, -0.2) is 4.39 Å². The van der Waals surface area contributed by atoms with Gasteiger partial charge in [-0.3, -0.25) is 9.59 Å². The number of amides is 2. The molecule has 22 heavy (non-hydrogen) atoms. The highest BCUT2D eigenvalue weighted by Gasteiger charge is 2.40. The van der Waals surface area contributed by atoms with Crippen LogP contribution in [0.3, 0.4) is 0 Å². The van der Waals surface area contributed by atoms with Crippen molar-refractivity contribution in [1.82, 2.24) is 10.2 Å². The lowest BCUT2D eigenvalue weighted by Gasteiger charge is -2.38. The smallest absolute Gasteiger partial charge is 0.254 e. The van der Waals surface area contributed by atoms with Crippen molar-refractivity contribution in [3.63, 3.8) is 0 Å². The molecule has 7 heteroatoms. The van der Waals surface area contributed by atoms with Crippen molar-refractivity contribution in [3.8, 4) is 0 Å². The Bertz CT molecular complexity index is 576. The highest BCUT2D eigenvalue weighted by atomic mass is 35.5. The largest absolute Gasteiger partial charge is 0.362 e. The predicted octanol–water partition coefficient (Wildman–Crippen LogP) is 1.73. The van der Waals surface area contributed by atoms with E-state index in [2.05, 4.69) is 5.32 Å². The molecule has 1 N–H and O–H groups in total. The third kappa shape index (κ3) is 3.56. The van der Waals surface area contributed by atoms with Crippen LogP contribution in [-0.2, 0) is 20.9 Å². The number of morpholine rings is 1. The van der Waals surface area contributed by atoms with Gasteiger partial charge in [0.1, 0.15) is 5.82 Å². The van der Waals surface area contributed by atoms with Gasteiger partial charge in [0.2, 0.25) is 5.91 Å². The van der Waals surface area contributed by atoms with Crippen LogP contribution in [0.4, 0.5) is 4.39 Å². The predicted molar refractivity (Wildman–Crippen MR) is 79.9 cm³/mol. The summed E-state index contributed by atoms with van der Waals surface area (Å²) in [6, 6.07) is 4.34. The van der Waals surface area contributed by atoms with E-state index in [9.17, 15) is 14.0 Å². The minimum absolute atomic E-state index is 0.0383. The lowest BCUT2D eigenvalue weighted by atomic mass is 10.0. The number of hydrogen-bond acceptors (Lipinski definition) is 3. The van der Waals surface area contributed by atoms with Crippen LogP contribution in [0.25, 0.3) is 0 Å². The van der Waals surface area contributed by atoms with E-state index in [0.717, 1.165) is 0 Å². The number of ether oxygens (including phenoxy) is 1. The third-order valence-electron chi connectivity index (χ3n) is 3.69. The molecule has 2 rings (SSSR count). The lowest BCUT2D eigenvalue weighted by molar-refractivity contribution is -0.162. The molecule has 0 aromatic heterocycles. The molecule has 0 bridgehead atoms. The first-order chi connectivity index (χ1) is 10.3. The van der Waals surface area contributed by atoms with E-state index in [1.54, 1.807) is 17.9 Å². The normalized spacial score (nSPS) is 21.5. The zero-order valence-electron chi connectivity index (χ0n) is 12.5. The van der Waals surface area contributed by atoms with Gasteiger partial charge in [0.05, 0.1) is 13.2 Å². The second-order valence-corrected chi connectivity index (χ2v) is 5.81. The first-order valence-corrected chi connectivity index (χ1v) is 7.32. The molecule has 0 unspecified atom stereocenters. The van der Waals surface area contributed by atoms with E-state index in [-0.39, 0.29) is 36.2 Å². The van der Waals surface area contributed by atoms with Gasteiger partial charge in [-0.1, -0.05) is 17.7 Å². The van der Waals surface area contributed by atoms with Crippen LogP contribution < -0.4 is 5.32 Å². The lowest BCUT2D eigenvalue weighted by Crippen LogP contribution is -2.58. The van der Waals surface area contributed by atoms with Crippen LogP contribution in [0.15, 0.2) is 18.2 Å². The highest BCUT2D eigenvalue weighted by molar-refractivity contribution is 6.31. The van der Waals surface area contributed by atoms with Crippen molar-refractivity contribution in [2.75, 3.05) is 19.7 Å². The molecule has 1 fully saturated rings. The summed E-state index contributed by atoms with van der Waals surface area (Å²) >= 11 is 5.92. The summed E-state index contributed by atoms with van der Waals surface area (Å²) in [5.41, 5.74) is -0.929. The molecule has 1 aliphatic heterocycles. The summed E-state index contributed by atoms with van der Waals surface area (Å²) in [7, 11) is 0. The Balaban J connectivity index is 2.04. The molecule has 0 aliphatic carbocycles. The molecule has 2 amide bonds. The summed E-state index contributed by atoms with van der Waals surface area (Å²) in [5.74, 6) is -0.995. The topological polar surface area (TPSA) is 58.6 Å². The molecule has 1 aromatic carbocycles. The van der Waals surface area contributed by atoms with Gasteiger partial charge in [0.25, 0.3) is 5.91 Å². The second kappa shape index (κ2) is 6.62. The maximum atomic E-state index is 13.7. The second-order valence-electron chi connectivity index (χ2n) is 5.40. The average Bonchev–Trinajstić information content (AvgIpc) is 2.46. The Kier molecular flexibility index (Phi) is 5.03. The number of benzene rings is 1. The number of carbonyl (C=O) groups is 2. The summed E-state index contributed by atoms with van der Waals surface area (Å²) in [6.07, 6.45) is 0. The summed E-state index contributed by atoms with van der Waals surface area (Å²) in [6.45, 7) is 3.92. The first-order valence-electron chi connectivity index (χ1n) is 6.94. The fourth-order valence-electron chi connectivity index (χ4n) is 2.33. The molecule has 1 saturated heterocycles.